The number of nitrogens with two attached hydrogens (primary N) is 1. The molecule has 2 N–H and O–H groups in total. The summed E-state index contributed by atoms with van der Waals surface area (Å²) in [5, 5.41) is 21.2. The molecule has 80 valence electrons. The number of hydrogen-bond donors (Lipinski definition) is 1. The SMILES string of the molecule is CCc1c([N+](=O)[O-])cnc(N)c1[N+](=O)[O-]. The van der Waals surface area contributed by atoms with E-state index in [9.17, 15) is 20.2 Å². The van der Waals surface area contributed by atoms with Crippen LogP contribution in [0.2, 0.25) is 0 Å². The Kier molecular flexibility index (Phi) is 2.79. The topological polar surface area (TPSA) is 125 Å². The van der Waals surface area contributed by atoms with E-state index in [1.165, 1.54) is 0 Å². The smallest absolute Gasteiger partial charge is 0.321 e. The zero-order valence-electron chi connectivity index (χ0n) is 7.84. The van der Waals surface area contributed by atoms with Gasteiger partial charge in [-0.2, -0.15) is 0 Å². The third kappa shape index (κ3) is 1.82. The van der Waals surface area contributed by atoms with Gasteiger partial charge in [0, 0.05) is 0 Å². The first-order valence-electron chi connectivity index (χ1n) is 4.05. The molecule has 0 saturated carbocycles. The number of nitrogen functional groups attached to an aromatic ring is 1. The number of nitrogens with zero attached hydrogens (tertiary/aromatic N) is 3. The van der Waals surface area contributed by atoms with Gasteiger partial charge in [0.2, 0.25) is 5.82 Å². The fourth-order valence-electron chi connectivity index (χ4n) is 1.26. The number of pyridine rings is 1. The Hall–Kier alpha value is -2.25. The summed E-state index contributed by atoms with van der Waals surface area (Å²) in [6.07, 6.45) is 1.08. The Morgan fingerprint density at radius 3 is 2.40 bits per heavy atom. The summed E-state index contributed by atoms with van der Waals surface area (Å²) in [6, 6.07) is 0. The van der Waals surface area contributed by atoms with E-state index in [1.54, 1.807) is 6.92 Å². The van der Waals surface area contributed by atoms with Gasteiger partial charge in [-0.05, 0) is 6.42 Å². The summed E-state index contributed by atoms with van der Waals surface area (Å²) < 4.78 is 0. The Morgan fingerprint density at radius 1 is 1.40 bits per heavy atom. The van der Waals surface area contributed by atoms with E-state index in [4.69, 9.17) is 5.73 Å². The minimum Gasteiger partial charge on any atom is -0.378 e. The molecule has 0 aromatic carbocycles. The van der Waals surface area contributed by atoms with Crippen LogP contribution < -0.4 is 5.73 Å². The van der Waals surface area contributed by atoms with Crippen LogP contribution in [0.3, 0.4) is 0 Å². The molecule has 8 heteroatoms. The Balaban J connectivity index is 3.54. The van der Waals surface area contributed by atoms with Gasteiger partial charge in [-0.15, -0.1) is 0 Å². The van der Waals surface area contributed by atoms with E-state index >= 15 is 0 Å². The van der Waals surface area contributed by atoms with Crippen LogP contribution in [0.5, 0.6) is 0 Å². The first-order valence-corrected chi connectivity index (χ1v) is 4.05. The minimum atomic E-state index is -0.756. The average molecular weight is 212 g/mol. The minimum absolute atomic E-state index is 0.00231. The number of anilines is 1. The molecule has 0 radical (unpaired) electrons. The van der Waals surface area contributed by atoms with Crippen LogP contribution in [-0.4, -0.2) is 14.8 Å². The van der Waals surface area contributed by atoms with Crippen LogP contribution in [0, 0.1) is 20.2 Å². The zero-order valence-corrected chi connectivity index (χ0v) is 7.84. The lowest BCUT2D eigenvalue weighted by atomic mass is 10.1. The molecule has 8 nitrogen and oxygen atoms in total. The fourth-order valence-corrected chi connectivity index (χ4v) is 1.26. The molecule has 0 saturated heterocycles. The highest BCUT2D eigenvalue weighted by atomic mass is 16.6. The molecule has 0 aliphatic carbocycles. The molecule has 1 heterocycles. The van der Waals surface area contributed by atoms with Crippen molar-refractivity contribution in [3.63, 3.8) is 0 Å². The molecule has 0 unspecified atom stereocenters. The van der Waals surface area contributed by atoms with E-state index in [-0.39, 0.29) is 23.5 Å². The van der Waals surface area contributed by atoms with E-state index in [0.29, 0.717) is 0 Å². The summed E-state index contributed by atoms with van der Waals surface area (Å²) in [5.41, 5.74) is 4.43. The van der Waals surface area contributed by atoms with Crippen molar-refractivity contribution in [2.75, 3.05) is 5.73 Å². The van der Waals surface area contributed by atoms with Crippen LogP contribution in [-0.2, 0) is 6.42 Å². The van der Waals surface area contributed by atoms with Gasteiger partial charge < -0.3 is 5.73 Å². The monoisotopic (exact) mass is 212 g/mol. The number of rotatable bonds is 3. The lowest BCUT2D eigenvalue weighted by Gasteiger charge is -2.02. The van der Waals surface area contributed by atoms with Gasteiger partial charge in [0.1, 0.15) is 11.8 Å². The Labute approximate surface area is 84.0 Å². The van der Waals surface area contributed by atoms with Crippen molar-refractivity contribution in [2.24, 2.45) is 0 Å². The molecule has 0 fully saturated rings. The fraction of sp³-hybridized carbons (Fsp3) is 0.286. The maximum Gasteiger partial charge on any atom is 0.321 e. The highest BCUT2D eigenvalue weighted by Crippen LogP contribution is 2.31. The molecule has 1 rings (SSSR count). The molecule has 1 aromatic heterocycles. The Bertz CT molecular complexity index is 431. The van der Waals surface area contributed by atoms with Gasteiger partial charge in [-0.1, -0.05) is 6.92 Å². The predicted octanol–water partition coefficient (Wildman–Crippen LogP) is 1.04. The van der Waals surface area contributed by atoms with Crippen molar-refractivity contribution in [1.29, 1.82) is 0 Å². The van der Waals surface area contributed by atoms with Crippen molar-refractivity contribution in [3.05, 3.63) is 32.0 Å². The van der Waals surface area contributed by atoms with Gasteiger partial charge in [-0.3, -0.25) is 20.2 Å². The highest BCUT2D eigenvalue weighted by molar-refractivity contribution is 5.63. The second-order valence-electron chi connectivity index (χ2n) is 2.72. The van der Waals surface area contributed by atoms with Crippen LogP contribution in [0.25, 0.3) is 0 Å². The molecular formula is C7H8N4O4. The standard InChI is InChI=1S/C7H8N4O4/c1-2-4-5(10(12)13)3-9-7(8)6(4)11(14)15/h3H,2H2,1H3,(H2,8,9). The summed E-state index contributed by atoms with van der Waals surface area (Å²) >= 11 is 0. The zero-order chi connectivity index (χ0) is 11.6. The molecule has 1 aromatic rings. The highest BCUT2D eigenvalue weighted by Gasteiger charge is 2.27. The van der Waals surface area contributed by atoms with E-state index in [0.717, 1.165) is 6.20 Å². The molecule has 0 aliphatic rings. The maximum atomic E-state index is 10.6. The molecule has 0 amide bonds. The second kappa shape index (κ2) is 3.86. The van der Waals surface area contributed by atoms with Gasteiger partial charge in [0.25, 0.3) is 5.69 Å². The maximum absolute atomic E-state index is 10.6. The number of aromatic nitrogens is 1. The third-order valence-electron chi connectivity index (χ3n) is 1.90. The number of nitro groups is 2. The largest absolute Gasteiger partial charge is 0.378 e. The van der Waals surface area contributed by atoms with Crippen LogP contribution >= 0.6 is 0 Å². The first kappa shape index (κ1) is 10.8. The van der Waals surface area contributed by atoms with Gasteiger partial charge in [0.05, 0.1) is 9.85 Å². The number of hydrogen-bond acceptors (Lipinski definition) is 6. The van der Waals surface area contributed by atoms with E-state index in [1.807, 2.05) is 0 Å². The quantitative estimate of drug-likeness (QED) is 0.589. The summed E-state index contributed by atoms with van der Waals surface area (Å²) in [7, 11) is 0. The lowest BCUT2D eigenvalue weighted by molar-refractivity contribution is -0.395. The normalized spacial score (nSPS) is 9.93. The van der Waals surface area contributed by atoms with Crippen LogP contribution in [0.1, 0.15) is 12.5 Å². The molecular weight excluding hydrogens is 204 g/mol. The van der Waals surface area contributed by atoms with E-state index in [2.05, 4.69) is 4.98 Å². The van der Waals surface area contributed by atoms with Crippen molar-refractivity contribution < 1.29 is 9.85 Å². The molecule has 0 spiro atoms. The van der Waals surface area contributed by atoms with Gasteiger partial charge >= 0.3 is 5.69 Å². The van der Waals surface area contributed by atoms with Crippen molar-refractivity contribution >= 4 is 17.2 Å². The van der Waals surface area contributed by atoms with Crippen molar-refractivity contribution in [3.8, 4) is 0 Å². The molecule has 0 atom stereocenters. The van der Waals surface area contributed by atoms with Gasteiger partial charge in [-0.25, -0.2) is 4.98 Å². The summed E-state index contributed by atoms with van der Waals surface area (Å²) in [5.74, 6) is -0.303. The van der Waals surface area contributed by atoms with Crippen molar-refractivity contribution in [2.45, 2.75) is 13.3 Å². The first-order chi connectivity index (χ1) is 6.99. The molecule has 0 bridgehead atoms. The van der Waals surface area contributed by atoms with E-state index < -0.39 is 15.5 Å². The molecule has 0 aliphatic heterocycles. The Morgan fingerprint density at radius 2 is 2.00 bits per heavy atom. The average Bonchev–Trinajstić information content (AvgIpc) is 2.15. The van der Waals surface area contributed by atoms with Gasteiger partial charge in [0.15, 0.2) is 0 Å². The third-order valence-corrected chi connectivity index (χ3v) is 1.90. The molecule has 15 heavy (non-hydrogen) atoms. The van der Waals surface area contributed by atoms with Crippen molar-refractivity contribution in [1.82, 2.24) is 4.98 Å². The summed E-state index contributed by atoms with van der Waals surface area (Å²) in [6.45, 7) is 1.58. The van der Waals surface area contributed by atoms with Crippen LogP contribution in [0.15, 0.2) is 6.20 Å². The summed E-state index contributed by atoms with van der Waals surface area (Å²) in [4.78, 5) is 23.2. The predicted molar refractivity (Wildman–Crippen MR) is 51.3 cm³/mol. The second-order valence-corrected chi connectivity index (χ2v) is 2.72. The lowest BCUT2D eigenvalue weighted by Crippen LogP contribution is -2.05. The van der Waals surface area contributed by atoms with Crippen LogP contribution in [0.4, 0.5) is 17.2 Å².